The van der Waals surface area contributed by atoms with E-state index >= 15 is 0 Å². The third-order valence-electron chi connectivity index (χ3n) is 5.64. The highest BCUT2D eigenvalue weighted by atomic mass is 15.4. The number of hydrogen-bond acceptors (Lipinski definition) is 5. The summed E-state index contributed by atoms with van der Waals surface area (Å²) >= 11 is 0. The maximum Gasteiger partial charge on any atom is 0.201 e. The van der Waals surface area contributed by atoms with Crippen LogP contribution in [0.3, 0.4) is 0 Å². The number of nitrogens with one attached hydrogen (secondary N) is 2. The summed E-state index contributed by atoms with van der Waals surface area (Å²) in [5.41, 5.74) is 5.76. The van der Waals surface area contributed by atoms with Crippen LogP contribution in [-0.2, 0) is 19.4 Å². The molecule has 2 N–H and O–H groups in total. The lowest BCUT2D eigenvalue weighted by Gasteiger charge is -2.15. The van der Waals surface area contributed by atoms with Gasteiger partial charge in [-0.3, -0.25) is 0 Å². The molecule has 6 nitrogen and oxygen atoms in total. The molecule has 2 aromatic carbocycles. The third kappa shape index (κ3) is 3.61. The van der Waals surface area contributed by atoms with Crippen molar-refractivity contribution in [3.05, 3.63) is 83.2 Å². The number of aromatic nitrogens is 4. The Kier molecular flexibility index (Phi) is 4.83. The van der Waals surface area contributed by atoms with E-state index in [-0.39, 0.29) is 5.92 Å². The van der Waals surface area contributed by atoms with E-state index in [0.29, 0.717) is 6.04 Å². The second-order valence-corrected chi connectivity index (χ2v) is 8.25. The fourth-order valence-corrected chi connectivity index (χ4v) is 4.12. The summed E-state index contributed by atoms with van der Waals surface area (Å²) in [6.45, 7) is 4.95. The van der Waals surface area contributed by atoms with Gasteiger partial charge in [-0.1, -0.05) is 68.4 Å². The Morgan fingerprint density at radius 2 is 1.67 bits per heavy atom. The molecule has 0 atom stereocenters. The molecule has 1 aliphatic carbocycles. The largest absolute Gasteiger partial charge is 0.378 e. The van der Waals surface area contributed by atoms with Gasteiger partial charge in [-0.25, -0.2) is 0 Å². The number of anilines is 2. The van der Waals surface area contributed by atoms with Crippen LogP contribution in [0.1, 0.15) is 42.3 Å². The first kappa shape index (κ1) is 18.6. The van der Waals surface area contributed by atoms with Crippen molar-refractivity contribution in [1.82, 2.24) is 19.8 Å². The molecule has 6 heteroatoms. The highest BCUT2D eigenvalue weighted by molar-refractivity contribution is 5.70. The molecule has 2 aromatic heterocycles. The van der Waals surface area contributed by atoms with E-state index in [1.807, 2.05) is 10.6 Å². The minimum Gasteiger partial charge on any atom is -0.378 e. The summed E-state index contributed by atoms with van der Waals surface area (Å²) in [5, 5.41) is 20.8. The molecule has 0 saturated heterocycles. The van der Waals surface area contributed by atoms with Crippen LogP contribution in [-0.4, -0.2) is 25.9 Å². The monoisotopic (exact) mass is 398 g/mol. The molecule has 0 bridgehead atoms. The Balaban J connectivity index is 1.45. The van der Waals surface area contributed by atoms with E-state index in [1.165, 1.54) is 16.7 Å². The van der Waals surface area contributed by atoms with E-state index in [1.54, 1.807) is 0 Å². The molecular formula is C24H26N6. The van der Waals surface area contributed by atoms with Crippen LogP contribution >= 0.6 is 0 Å². The maximum atomic E-state index is 4.84. The van der Waals surface area contributed by atoms with Crippen LogP contribution in [0, 0.1) is 0 Å². The van der Waals surface area contributed by atoms with Crippen LogP contribution in [0.2, 0.25) is 0 Å². The highest BCUT2D eigenvalue weighted by Crippen LogP contribution is 2.27. The smallest absolute Gasteiger partial charge is 0.201 e. The average molecular weight is 399 g/mol. The van der Waals surface area contributed by atoms with E-state index in [9.17, 15) is 0 Å². The first-order chi connectivity index (χ1) is 14.7. The average Bonchev–Trinajstić information content (AvgIpc) is 3.36. The van der Waals surface area contributed by atoms with Crippen molar-refractivity contribution < 1.29 is 0 Å². The fraction of sp³-hybridized carbons (Fsp3) is 0.292. The molecule has 2 heterocycles. The van der Waals surface area contributed by atoms with Gasteiger partial charge in [0.2, 0.25) is 5.65 Å². The lowest BCUT2D eigenvalue weighted by molar-refractivity contribution is 0.712. The standard InChI is InChI=1S/C24H26N6/c1-16(2)23-27-28-24-21(25-15-17-8-4-3-5-9-17)14-22(29-30(23)24)26-20-12-18-10-6-7-11-19(18)13-20/h3-11,14,16,20,25H,12-13,15H2,1-2H3,(H,26,29). The van der Waals surface area contributed by atoms with Crippen molar-refractivity contribution in [2.24, 2.45) is 0 Å². The summed E-state index contributed by atoms with van der Waals surface area (Å²) in [4.78, 5) is 0. The summed E-state index contributed by atoms with van der Waals surface area (Å²) in [7, 11) is 0. The Morgan fingerprint density at radius 3 is 2.37 bits per heavy atom. The topological polar surface area (TPSA) is 67.1 Å². The van der Waals surface area contributed by atoms with Crippen LogP contribution in [0.5, 0.6) is 0 Å². The molecule has 0 unspecified atom stereocenters. The molecule has 1 aliphatic rings. The van der Waals surface area contributed by atoms with Crippen molar-refractivity contribution in [2.45, 2.75) is 45.2 Å². The van der Waals surface area contributed by atoms with Gasteiger partial charge < -0.3 is 10.6 Å². The Morgan fingerprint density at radius 1 is 0.967 bits per heavy atom. The predicted octanol–water partition coefficient (Wildman–Crippen LogP) is 4.44. The number of nitrogens with zero attached hydrogens (tertiary/aromatic N) is 4. The van der Waals surface area contributed by atoms with Gasteiger partial charge in [0.05, 0.1) is 5.69 Å². The van der Waals surface area contributed by atoms with E-state index in [4.69, 9.17) is 5.10 Å². The molecule has 0 amide bonds. The van der Waals surface area contributed by atoms with Gasteiger partial charge in [0.1, 0.15) is 5.82 Å². The van der Waals surface area contributed by atoms with Gasteiger partial charge in [-0.05, 0) is 29.5 Å². The molecule has 4 aromatic rings. The van der Waals surface area contributed by atoms with Gasteiger partial charge in [0, 0.05) is 24.6 Å². The van der Waals surface area contributed by atoms with Crippen molar-refractivity contribution >= 4 is 17.2 Å². The molecule has 0 spiro atoms. The first-order valence-electron chi connectivity index (χ1n) is 10.5. The third-order valence-corrected chi connectivity index (χ3v) is 5.64. The van der Waals surface area contributed by atoms with Crippen molar-refractivity contribution in [2.75, 3.05) is 10.6 Å². The minimum absolute atomic E-state index is 0.237. The van der Waals surface area contributed by atoms with Gasteiger partial charge >= 0.3 is 0 Å². The number of hydrogen-bond donors (Lipinski definition) is 2. The molecule has 0 fully saturated rings. The first-order valence-corrected chi connectivity index (χ1v) is 10.5. The minimum atomic E-state index is 0.237. The van der Waals surface area contributed by atoms with E-state index < -0.39 is 0 Å². The van der Waals surface area contributed by atoms with Crippen LogP contribution in [0.25, 0.3) is 5.65 Å². The van der Waals surface area contributed by atoms with Crippen molar-refractivity contribution in [1.29, 1.82) is 0 Å². The fourth-order valence-electron chi connectivity index (χ4n) is 4.12. The summed E-state index contributed by atoms with van der Waals surface area (Å²) in [6.07, 6.45) is 2.03. The lowest BCUT2D eigenvalue weighted by Crippen LogP contribution is -2.21. The van der Waals surface area contributed by atoms with Crippen molar-refractivity contribution in [3.63, 3.8) is 0 Å². The van der Waals surface area contributed by atoms with Gasteiger partial charge in [-0.15, -0.1) is 15.3 Å². The highest BCUT2D eigenvalue weighted by Gasteiger charge is 2.22. The SMILES string of the molecule is CC(C)c1nnc2c(NCc3ccccc3)cc(NC3Cc4ccccc4C3)nn12. The second-order valence-electron chi connectivity index (χ2n) is 8.25. The zero-order valence-corrected chi connectivity index (χ0v) is 17.3. The molecule has 0 aliphatic heterocycles. The zero-order valence-electron chi connectivity index (χ0n) is 17.3. The second kappa shape index (κ2) is 7.78. The molecule has 30 heavy (non-hydrogen) atoms. The van der Waals surface area contributed by atoms with Crippen LogP contribution in [0.15, 0.2) is 60.7 Å². The van der Waals surface area contributed by atoms with Crippen LogP contribution < -0.4 is 10.6 Å². The number of fused-ring (bicyclic) bond motifs is 2. The maximum absolute atomic E-state index is 4.84. The molecule has 5 rings (SSSR count). The quantitative estimate of drug-likeness (QED) is 0.503. The van der Waals surface area contributed by atoms with Gasteiger partial charge in [-0.2, -0.15) is 4.52 Å². The summed E-state index contributed by atoms with van der Waals surface area (Å²) in [5.74, 6) is 1.95. The van der Waals surface area contributed by atoms with Gasteiger partial charge in [0.15, 0.2) is 5.82 Å². The van der Waals surface area contributed by atoms with Gasteiger partial charge in [0.25, 0.3) is 0 Å². The Labute approximate surface area is 176 Å². The molecular weight excluding hydrogens is 372 g/mol. The zero-order chi connectivity index (χ0) is 20.5. The predicted molar refractivity (Wildman–Crippen MR) is 120 cm³/mol. The Hall–Kier alpha value is -3.41. The molecule has 152 valence electrons. The summed E-state index contributed by atoms with van der Waals surface area (Å²) < 4.78 is 1.88. The molecule has 0 radical (unpaired) electrons. The van der Waals surface area contributed by atoms with E-state index in [0.717, 1.165) is 42.4 Å². The normalized spacial score (nSPS) is 13.7. The molecule has 0 saturated carbocycles. The van der Waals surface area contributed by atoms with Crippen molar-refractivity contribution in [3.8, 4) is 0 Å². The lowest BCUT2D eigenvalue weighted by atomic mass is 10.1. The Bertz CT molecular complexity index is 1140. The van der Waals surface area contributed by atoms with E-state index in [2.05, 4.69) is 89.3 Å². The summed E-state index contributed by atoms with van der Waals surface area (Å²) in [6, 6.07) is 21.4. The van der Waals surface area contributed by atoms with Crippen LogP contribution in [0.4, 0.5) is 11.5 Å². The number of rotatable bonds is 6. The number of benzene rings is 2.